The van der Waals surface area contributed by atoms with E-state index < -0.39 is 0 Å². The van der Waals surface area contributed by atoms with Gasteiger partial charge in [-0.3, -0.25) is 0 Å². The van der Waals surface area contributed by atoms with Crippen molar-refractivity contribution < 1.29 is 9.47 Å². The topological polar surface area (TPSA) is 18.5 Å². The molecule has 0 fully saturated rings. The Kier molecular flexibility index (Phi) is 7.62. The number of rotatable bonds is 11. The molecule has 0 saturated carbocycles. The molecule has 0 atom stereocenters. The van der Waals surface area contributed by atoms with Gasteiger partial charge in [0.2, 0.25) is 0 Å². The van der Waals surface area contributed by atoms with E-state index in [0.29, 0.717) is 13.2 Å². The third-order valence-corrected chi connectivity index (χ3v) is 7.59. The normalized spacial score (nSPS) is 11.7. The Hall–Kier alpha value is -3.72. The highest BCUT2D eigenvalue weighted by Gasteiger charge is 2.09. The van der Waals surface area contributed by atoms with Crippen LogP contribution in [0.1, 0.15) is 36.8 Å². The van der Waals surface area contributed by atoms with E-state index in [2.05, 4.69) is 109 Å². The molecule has 38 heavy (non-hydrogen) atoms. The minimum absolute atomic E-state index is 0.657. The van der Waals surface area contributed by atoms with Crippen LogP contribution in [-0.4, -0.2) is 13.2 Å². The van der Waals surface area contributed by atoms with Gasteiger partial charge in [-0.2, -0.15) is 0 Å². The molecular formula is C36H34O2. The summed E-state index contributed by atoms with van der Waals surface area (Å²) in [6.07, 6.45) is 4.49. The van der Waals surface area contributed by atoms with Crippen molar-refractivity contribution in [1.29, 1.82) is 0 Å². The maximum absolute atomic E-state index is 6.17. The highest BCUT2D eigenvalue weighted by atomic mass is 16.5. The van der Waals surface area contributed by atoms with Crippen molar-refractivity contribution in [2.75, 3.05) is 13.2 Å². The lowest BCUT2D eigenvalue weighted by molar-refractivity contribution is 0.110. The van der Waals surface area contributed by atoms with Crippen LogP contribution in [0.2, 0.25) is 0 Å². The quantitative estimate of drug-likeness (QED) is 0.131. The maximum atomic E-state index is 6.17. The summed E-state index contributed by atoms with van der Waals surface area (Å²) in [5.74, 6) is 0. The van der Waals surface area contributed by atoms with Crippen LogP contribution in [-0.2, 0) is 22.7 Å². The van der Waals surface area contributed by atoms with Crippen LogP contribution in [0.25, 0.3) is 43.1 Å². The average molecular weight is 499 g/mol. The van der Waals surface area contributed by atoms with Crippen LogP contribution in [0, 0.1) is 0 Å². The molecule has 0 aliphatic heterocycles. The summed E-state index contributed by atoms with van der Waals surface area (Å²) in [4.78, 5) is 0. The van der Waals surface area contributed by atoms with Gasteiger partial charge in [0.1, 0.15) is 0 Å². The lowest BCUT2D eigenvalue weighted by atomic mass is 9.97. The molecule has 6 rings (SSSR count). The standard InChI is InChI=1S/C36H34O2/c1(11-21-37-25-35-31-17-7-3-13-27(31)23-28-14-4-8-18-32(28)35)2-12-22-38-26-36-33-19-9-5-15-29(33)24-30-16-6-10-20-34(30)36/h3-10,13-20,23-24H,1-2,11-12,21-22,25-26H2. The Balaban J connectivity index is 0.964. The van der Waals surface area contributed by atoms with E-state index in [1.54, 1.807) is 0 Å². The fourth-order valence-electron chi connectivity index (χ4n) is 5.64. The van der Waals surface area contributed by atoms with Crippen molar-refractivity contribution in [2.45, 2.75) is 38.9 Å². The average Bonchev–Trinajstić information content (AvgIpc) is 2.97. The van der Waals surface area contributed by atoms with Crippen molar-refractivity contribution in [3.8, 4) is 0 Å². The summed E-state index contributed by atoms with van der Waals surface area (Å²) in [6, 6.07) is 39.0. The smallest absolute Gasteiger partial charge is 0.0728 e. The van der Waals surface area contributed by atoms with E-state index in [9.17, 15) is 0 Å². The molecule has 190 valence electrons. The highest BCUT2D eigenvalue weighted by Crippen LogP contribution is 2.30. The first-order valence-corrected chi connectivity index (χ1v) is 13.8. The largest absolute Gasteiger partial charge is 0.377 e. The second-order valence-corrected chi connectivity index (χ2v) is 10.1. The molecular weight excluding hydrogens is 464 g/mol. The Labute approximate surface area is 224 Å². The molecule has 0 amide bonds. The van der Waals surface area contributed by atoms with E-state index >= 15 is 0 Å². The van der Waals surface area contributed by atoms with Gasteiger partial charge < -0.3 is 9.47 Å². The number of fused-ring (bicyclic) bond motifs is 4. The summed E-state index contributed by atoms with van der Waals surface area (Å²) < 4.78 is 12.3. The number of hydrogen-bond donors (Lipinski definition) is 0. The minimum atomic E-state index is 0.657. The van der Waals surface area contributed by atoms with Crippen LogP contribution in [0.5, 0.6) is 0 Å². The van der Waals surface area contributed by atoms with Crippen LogP contribution in [0.4, 0.5) is 0 Å². The van der Waals surface area contributed by atoms with Crippen LogP contribution in [0.3, 0.4) is 0 Å². The van der Waals surface area contributed by atoms with Gasteiger partial charge in [0.05, 0.1) is 13.2 Å². The van der Waals surface area contributed by atoms with E-state index in [4.69, 9.17) is 9.47 Å². The second kappa shape index (κ2) is 11.8. The van der Waals surface area contributed by atoms with Crippen LogP contribution < -0.4 is 0 Å². The molecule has 0 bridgehead atoms. The predicted octanol–water partition coefficient (Wildman–Crippen LogP) is 9.59. The van der Waals surface area contributed by atoms with Crippen LogP contribution in [0.15, 0.2) is 109 Å². The molecule has 0 saturated heterocycles. The molecule has 2 heteroatoms. The van der Waals surface area contributed by atoms with Gasteiger partial charge in [0, 0.05) is 13.2 Å². The molecule has 0 N–H and O–H groups in total. The summed E-state index contributed by atoms with van der Waals surface area (Å²) in [5, 5.41) is 10.3. The Bertz CT molecular complexity index is 1450. The maximum Gasteiger partial charge on any atom is 0.0728 e. The number of hydrogen-bond acceptors (Lipinski definition) is 2. The summed E-state index contributed by atoms with van der Waals surface area (Å²) >= 11 is 0. The van der Waals surface area contributed by atoms with Crippen molar-refractivity contribution in [2.24, 2.45) is 0 Å². The Morgan fingerprint density at radius 2 is 0.684 bits per heavy atom. The Morgan fingerprint density at radius 1 is 0.368 bits per heavy atom. The molecule has 0 spiro atoms. The summed E-state index contributed by atoms with van der Waals surface area (Å²) in [7, 11) is 0. The lowest BCUT2D eigenvalue weighted by Gasteiger charge is -2.13. The first-order chi connectivity index (χ1) is 18.9. The van der Waals surface area contributed by atoms with Gasteiger partial charge in [-0.25, -0.2) is 0 Å². The van der Waals surface area contributed by atoms with Gasteiger partial charge in [-0.05, 0) is 79.2 Å². The SMILES string of the molecule is c1ccc2c(COCCCCCCOCc3c4ccccc4cc4ccccc34)c3ccccc3cc2c1. The van der Waals surface area contributed by atoms with Crippen molar-refractivity contribution >= 4 is 43.1 Å². The molecule has 0 aliphatic rings. The molecule has 6 aromatic carbocycles. The lowest BCUT2D eigenvalue weighted by Crippen LogP contribution is -1.99. The molecule has 0 heterocycles. The van der Waals surface area contributed by atoms with E-state index in [1.165, 1.54) is 54.2 Å². The first-order valence-electron chi connectivity index (χ1n) is 13.8. The zero-order valence-electron chi connectivity index (χ0n) is 21.9. The molecule has 6 aromatic rings. The van der Waals surface area contributed by atoms with E-state index in [1.807, 2.05) is 0 Å². The Morgan fingerprint density at radius 3 is 1.03 bits per heavy atom. The minimum Gasteiger partial charge on any atom is -0.377 e. The fraction of sp³-hybridized carbons (Fsp3) is 0.222. The summed E-state index contributed by atoms with van der Waals surface area (Å²) in [6.45, 7) is 2.90. The number of unbranched alkanes of at least 4 members (excludes halogenated alkanes) is 3. The molecule has 0 aromatic heterocycles. The van der Waals surface area contributed by atoms with Gasteiger partial charge in [0.25, 0.3) is 0 Å². The predicted molar refractivity (Wildman–Crippen MR) is 161 cm³/mol. The van der Waals surface area contributed by atoms with Crippen LogP contribution >= 0.6 is 0 Å². The van der Waals surface area contributed by atoms with Gasteiger partial charge >= 0.3 is 0 Å². The monoisotopic (exact) mass is 498 g/mol. The summed E-state index contributed by atoms with van der Waals surface area (Å²) in [5.41, 5.74) is 2.60. The molecule has 2 nitrogen and oxygen atoms in total. The number of ether oxygens (including phenoxy) is 2. The van der Waals surface area contributed by atoms with Crippen molar-refractivity contribution in [1.82, 2.24) is 0 Å². The second-order valence-electron chi connectivity index (χ2n) is 10.1. The van der Waals surface area contributed by atoms with Crippen molar-refractivity contribution in [3.05, 3.63) is 120 Å². The fourth-order valence-corrected chi connectivity index (χ4v) is 5.64. The number of benzene rings is 6. The van der Waals surface area contributed by atoms with Gasteiger partial charge in [-0.1, -0.05) is 110 Å². The van der Waals surface area contributed by atoms with Gasteiger partial charge in [-0.15, -0.1) is 0 Å². The van der Waals surface area contributed by atoms with Gasteiger partial charge in [0.15, 0.2) is 0 Å². The first kappa shape index (κ1) is 24.6. The highest BCUT2D eigenvalue weighted by molar-refractivity contribution is 6.03. The molecule has 0 unspecified atom stereocenters. The molecule has 0 aliphatic carbocycles. The zero-order chi connectivity index (χ0) is 25.6. The third kappa shape index (κ3) is 5.29. The van der Waals surface area contributed by atoms with E-state index in [0.717, 1.165) is 38.9 Å². The van der Waals surface area contributed by atoms with E-state index in [-0.39, 0.29) is 0 Å². The van der Waals surface area contributed by atoms with Crippen molar-refractivity contribution in [3.63, 3.8) is 0 Å². The zero-order valence-corrected chi connectivity index (χ0v) is 21.9. The molecule has 0 radical (unpaired) electrons. The third-order valence-electron chi connectivity index (χ3n) is 7.59.